The molecule has 0 fully saturated rings. The molecule has 4 rings (SSSR count). The van der Waals surface area contributed by atoms with Crippen LogP contribution in [0.1, 0.15) is 18.6 Å². The Hall–Kier alpha value is -2.84. The Bertz CT molecular complexity index is 1140. The highest BCUT2D eigenvalue weighted by Crippen LogP contribution is 2.33. The number of halogens is 1. The van der Waals surface area contributed by atoms with E-state index in [0.717, 1.165) is 26.6 Å². The van der Waals surface area contributed by atoms with Gasteiger partial charge in [0.15, 0.2) is 5.13 Å². The minimum absolute atomic E-state index is 0.0119. The number of fused-ring (bicyclic) bond motifs is 1. The molecular weight excluding hydrogens is 435 g/mol. The Morgan fingerprint density at radius 3 is 2.81 bits per heavy atom. The summed E-state index contributed by atoms with van der Waals surface area (Å²) in [5.74, 6) is 1.96. The van der Waals surface area contributed by atoms with E-state index >= 15 is 0 Å². The molecule has 5 nitrogen and oxygen atoms in total. The molecule has 0 spiro atoms. The zero-order chi connectivity index (χ0) is 21.6. The van der Waals surface area contributed by atoms with Crippen molar-refractivity contribution < 1.29 is 18.3 Å². The standard InChI is InChI=1S/C23H21FN2O3S2/c1-28-17-8-11-20-21(14-17)31-23(25-20)26(15-18-4-2-12-29-18)22(27)5-3-13-30-19-9-6-16(24)7-10-19/h2,4,6-12,14H,3,5,13,15H2,1H3. The van der Waals surface area contributed by atoms with E-state index in [0.29, 0.717) is 30.3 Å². The van der Waals surface area contributed by atoms with Gasteiger partial charge in [0.25, 0.3) is 0 Å². The van der Waals surface area contributed by atoms with E-state index in [2.05, 4.69) is 4.98 Å². The monoisotopic (exact) mass is 456 g/mol. The molecule has 0 aliphatic rings. The number of furan rings is 1. The van der Waals surface area contributed by atoms with E-state index in [1.165, 1.54) is 23.5 Å². The third-order valence-electron chi connectivity index (χ3n) is 4.63. The highest BCUT2D eigenvalue weighted by molar-refractivity contribution is 7.99. The number of anilines is 1. The maximum absolute atomic E-state index is 13.1. The molecule has 0 saturated carbocycles. The van der Waals surface area contributed by atoms with Crippen LogP contribution < -0.4 is 9.64 Å². The maximum Gasteiger partial charge on any atom is 0.229 e. The number of thiazole rings is 1. The van der Waals surface area contributed by atoms with Crippen molar-refractivity contribution >= 4 is 44.4 Å². The Morgan fingerprint density at radius 2 is 2.06 bits per heavy atom. The van der Waals surface area contributed by atoms with Crippen molar-refractivity contribution in [1.82, 2.24) is 4.98 Å². The predicted molar refractivity (Wildman–Crippen MR) is 122 cm³/mol. The van der Waals surface area contributed by atoms with Crippen LogP contribution in [0.25, 0.3) is 10.2 Å². The fraction of sp³-hybridized carbons (Fsp3) is 0.217. The van der Waals surface area contributed by atoms with Crippen LogP contribution in [-0.4, -0.2) is 23.8 Å². The summed E-state index contributed by atoms with van der Waals surface area (Å²) < 4.78 is 24.7. The van der Waals surface area contributed by atoms with Crippen LogP contribution in [0.5, 0.6) is 5.75 Å². The molecular formula is C23H21FN2O3S2. The van der Waals surface area contributed by atoms with E-state index in [1.807, 2.05) is 24.3 Å². The smallest absolute Gasteiger partial charge is 0.229 e. The van der Waals surface area contributed by atoms with Gasteiger partial charge < -0.3 is 9.15 Å². The lowest BCUT2D eigenvalue weighted by Gasteiger charge is -2.18. The number of thioether (sulfide) groups is 1. The first-order valence-electron chi connectivity index (χ1n) is 9.78. The Balaban J connectivity index is 1.45. The van der Waals surface area contributed by atoms with Gasteiger partial charge in [-0.3, -0.25) is 9.69 Å². The van der Waals surface area contributed by atoms with Gasteiger partial charge in [-0.05, 0) is 66.8 Å². The molecule has 31 heavy (non-hydrogen) atoms. The van der Waals surface area contributed by atoms with Crippen LogP contribution in [0.4, 0.5) is 9.52 Å². The normalized spacial score (nSPS) is 11.0. The summed E-state index contributed by atoms with van der Waals surface area (Å²) in [7, 11) is 1.62. The molecule has 4 aromatic rings. The fourth-order valence-corrected chi connectivity index (χ4v) is 4.90. The average molecular weight is 457 g/mol. The third-order valence-corrected chi connectivity index (χ3v) is 6.77. The van der Waals surface area contributed by atoms with Gasteiger partial charge >= 0.3 is 0 Å². The molecule has 1 amide bonds. The van der Waals surface area contributed by atoms with E-state index < -0.39 is 0 Å². The summed E-state index contributed by atoms with van der Waals surface area (Å²) in [6, 6.07) is 15.7. The number of carbonyl (C=O) groups is 1. The van der Waals surface area contributed by atoms with Crippen LogP contribution in [0.15, 0.2) is 70.2 Å². The maximum atomic E-state index is 13.1. The number of rotatable bonds is 9. The van der Waals surface area contributed by atoms with Crippen LogP contribution in [0.3, 0.4) is 0 Å². The van der Waals surface area contributed by atoms with Gasteiger partial charge in [0, 0.05) is 11.3 Å². The Kier molecular flexibility index (Phi) is 6.89. The summed E-state index contributed by atoms with van der Waals surface area (Å²) in [5.41, 5.74) is 0.824. The van der Waals surface area contributed by atoms with Crippen molar-refractivity contribution in [3.05, 3.63) is 72.4 Å². The van der Waals surface area contributed by atoms with Crippen molar-refractivity contribution in [1.29, 1.82) is 0 Å². The minimum atomic E-state index is -0.249. The Labute approximate surface area is 187 Å². The molecule has 2 aromatic carbocycles. The Morgan fingerprint density at radius 1 is 1.23 bits per heavy atom. The molecule has 0 aliphatic heterocycles. The van der Waals surface area contributed by atoms with Gasteiger partial charge in [0.2, 0.25) is 5.91 Å². The molecule has 0 atom stereocenters. The minimum Gasteiger partial charge on any atom is -0.497 e. The molecule has 0 N–H and O–H groups in total. The molecule has 2 heterocycles. The van der Waals surface area contributed by atoms with Gasteiger partial charge in [0.1, 0.15) is 17.3 Å². The van der Waals surface area contributed by atoms with Crippen molar-refractivity contribution in [2.45, 2.75) is 24.3 Å². The largest absolute Gasteiger partial charge is 0.497 e. The second-order valence-electron chi connectivity index (χ2n) is 6.80. The summed E-state index contributed by atoms with van der Waals surface area (Å²) in [6.07, 6.45) is 2.68. The van der Waals surface area contributed by atoms with Gasteiger partial charge in [0.05, 0.1) is 30.1 Å². The number of methoxy groups -OCH3 is 1. The first-order valence-corrected chi connectivity index (χ1v) is 11.6. The van der Waals surface area contributed by atoms with Crippen molar-refractivity contribution in [3.8, 4) is 5.75 Å². The van der Waals surface area contributed by atoms with Gasteiger partial charge in [-0.15, -0.1) is 11.8 Å². The zero-order valence-electron chi connectivity index (χ0n) is 16.9. The molecule has 0 bridgehead atoms. The average Bonchev–Trinajstić information content (AvgIpc) is 3.45. The number of hydrogen-bond donors (Lipinski definition) is 0. The lowest BCUT2D eigenvalue weighted by Crippen LogP contribution is -2.30. The van der Waals surface area contributed by atoms with Gasteiger partial charge in [-0.1, -0.05) is 11.3 Å². The number of hydrogen-bond acceptors (Lipinski definition) is 6. The third kappa shape index (κ3) is 5.45. The van der Waals surface area contributed by atoms with Crippen molar-refractivity contribution in [2.24, 2.45) is 0 Å². The predicted octanol–water partition coefficient (Wildman–Crippen LogP) is 6.14. The van der Waals surface area contributed by atoms with Crippen LogP contribution in [0, 0.1) is 5.82 Å². The van der Waals surface area contributed by atoms with E-state index in [4.69, 9.17) is 9.15 Å². The summed E-state index contributed by atoms with van der Waals surface area (Å²) in [6.45, 7) is 0.327. The number of carbonyl (C=O) groups excluding carboxylic acids is 1. The van der Waals surface area contributed by atoms with Crippen molar-refractivity contribution in [3.63, 3.8) is 0 Å². The molecule has 0 saturated heterocycles. The highest BCUT2D eigenvalue weighted by Gasteiger charge is 2.21. The molecule has 0 unspecified atom stereocenters. The molecule has 160 valence electrons. The van der Waals surface area contributed by atoms with E-state index in [-0.39, 0.29) is 11.7 Å². The molecule has 8 heteroatoms. The first kappa shape index (κ1) is 21.4. The number of amides is 1. The van der Waals surface area contributed by atoms with Crippen molar-refractivity contribution in [2.75, 3.05) is 17.8 Å². The van der Waals surface area contributed by atoms with Crippen LogP contribution >= 0.6 is 23.1 Å². The second kappa shape index (κ2) is 9.98. The summed E-state index contributed by atoms with van der Waals surface area (Å²) in [4.78, 5) is 20.4. The van der Waals surface area contributed by atoms with E-state index in [9.17, 15) is 9.18 Å². The summed E-state index contributed by atoms with van der Waals surface area (Å²) >= 11 is 3.06. The number of nitrogens with zero attached hydrogens (tertiary/aromatic N) is 2. The number of ether oxygens (including phenoxy) is 1. The van der Waals surface area contributed by atoms with Gasteiger partial charge in [-0.25, -0.2) is 9.37 Å². The second-order valence-corrected chi connectivity index (χ2v) is 8.97. The van der Waals surface area contributed by atoms with E-state index in [1.54, 1.807) is 48.2 Å². The lowest BCUT2D eigenvalue weighted by atomic mass is 10.3. The topological polar surface area (TPSA) is 55.6 Å². The molecule has 0 aliphatic carbocycles. The summed E-state index contributed by atoms with van der Waals surface area (Å²) in [5, 5.41) is 0.635. The van der Waals surface area contributed by atoms with Gasteiger partial charge in [-0.2, -0.15) is 0 Å². The first-order chi connectivity index (χ1) is 15.1. The SMILES string of the molecule is COc1ccc2nc(N(Cc3ccco3)C(=O)CCCSc3ccc(F)cc3)sc2c1. The van der Waals surface area contributed by atoms with Crippen LogP contribution in [-0.2, 0) is 11.3 Å². The fourth-order valence-electron chi connectivity index (χ4n) is 3.04. The number of benzene rings is 2. The highest BCUT2D eigenvalue weighted by atomic mass is 32.2. The molecule has 2 aromatic heterocycles. The van der Waals surface area contributed by atoms with Crippen LogP contribution in [0.2, 0.25) is 0 Å². The lowest BCUT2D eigenvalue weighted by molar-refractivity contribution is -0.118. The zero-order valence-corrected chi connectivity index (χ0v) is 18.5. The quantitative estimate of drug-likeness (QED) is 0.224. The number of aromatic nitrogens is 1. The molecule has 0 radical (unpaired) electrons.